The first-order valence-corrected chi connectivity index (χ1v) is 19.0. The zero-order valence-electron chi connectivity index (χ0n) is 32.4. The van der Waals surface area contributed by atoms with Crippen LogP contribution in [0, 0.1) is 38.1 Å². The average Bonchev–Trinajstić information content (AvgIpc) is 3.89. The summed E-state index contributed by atoms with van der Waals surface area (Å²) in [6.45, 7) is 13.4. The van der Waals surface area contributed by atoms with Crippen LogP contribution in [0.5, 0.6) is 0 Å². The number of hydrogen-bond donors (Lipinski definition) is 0. The van der Waals surface area contributed by atoms with Gasteiger partial charge in [-0.2, -0.15) is 102 Å². The van der Waals surface area contributed by atoms with E-state index in [0.29, 0.717) is 0 Å². The van der Waals surface area contributed by atoms with Crippen LogP contribution in [0.1, 0.15) is 78.6 Å². The molecule has 2 aliphatic carbocycles. The van der Waals surface area contributed by atoms with Gasteiger partial charge in [0.15, 0.2) is 0 Å². The van der Waals surface area contributed by atoms with Gasteiger partial charge in [-0.25, -0.2) is 12.2 Å². The normalized spacial score (nSPS) is 11.4. The van der Waals surface area contributed by atoms with Crippen LogP contribution in [0.15, 0.2) is 158 Å². The molecule has 0 N–H and O–H groups in total. The molecule has 0 saturated heterocycles. The molecule has 0 fully saturated rings. The summed E-state index contributed by atoms with van der Waals surface area (Å²) in [6, 6.07) is 58.6. The van der Waals surface area contributed by atoms with Crippen LogP contribution in [0.4, 0.5) is 0 Å². The van der Waals surface area contributed by atoms with E-state index in [4.69, 9.17) is 0 Å². The Morgan fingerprint density at radius 3 is 1.50 bits per heavy atom. The van der Waals surface area contributed by atoms with Crippen LogP contribution in [0.3, 0.4) is 0 Å². The van der Waals surface area contributed by atoms with Crippen molar-refractivity contribution in [2.45, 2.75) is 65.2 Å². The van der Waals surface area contributed by atoms with Crippen molar-refractivity contribution >= 4 is 29.6 Å². The van der Waals surface area contributed by atoms with Crippen molar-refractivity contribution < 1.29 is 20.0 Å². The second-order valence-corrected chi connectivity index (χ2v) is 14.0. The van der Waals surface area contributed by atoms with E-state index in [1.165, 1.54) is 55.6 Å². The number of halogens is 2. The molecule has 0 atom stereocenters. The van der Waals surface area contributed by atoms with Crippen LogP contribution in [-0.4, -0.2) is 4.82 Å². The first-order chi connectivity index (χ1) is 25.2. The van der Waals surface area contributed by atoms with E-state index in [1.54, 1.807) is 20.0 Å². The molecule has 2 aliphatic rings. The molecule has 3 heteroatoms. The van der Waals surface area contributed by atoms with E-state index >= 15 is 0 Å². The fraction of sp³-hybridized carbons (Fsp3) is 0.196. The first-order valence-electron chi connectivity index (χ1n) is 17.9. The van der Waals surface area contributed by atoms with E-state index in [1.807, 2.05) is 60.7 Å². The molecular weight excluding hydrogens is 731 g/mol. The predicted octanol–water partition coefficient (Wildman–Crippen LogP) is 13.4. The third kappa shape index (κ3) is 12.8. The second kappa shape index (κ2) is 23.0. The molecule has 0 nitrogen and oxygen atoms in total. The maximum atomic E-state index is 3.80. The summed E-state index contributed by atoms with van der Waals surface area (Å²) in [5.74, 6) is 0. The molecule has 6 aromatic rings. The minimum atomic E-state index is -0.0640. The van der Waals surface area contributed by atoms with Crippen LogP contribution in [-0.2, 0) is 37.2 Å². The van der Waals surface area contributed by atoms with Gasteiger partial charge >= 0.3 is 24.8 Å². The molecule has 8 rings (SSSR count). The van der Waals surface area contributed by atoms with E-state index in [2.05, 4.69) is 168 Å². The van der Waals surface area contributed by atoms with E-state index in [0.717, 1.165) is 12.8 Å². The molecule has 0 aromatic heterocycles. The second-order valence-electron chi connectivity index (χ2n) is 14.0. The number of allylic oxidation sites excluding steroid dienone is 4. The minimum absolute atomic E-state index is 0. The Kier molecular flexibility index (Phi) is 19.7. The number of benzene rings is 6. The van der Waals surface area contributed by atoms with Crippen molar-refractivity contribution in [1.29, 1.82) is 0 Å². The van der Waals surface area contributed by atoms with Gasteiger partial charge in [0.1, 0.15) is 0 Å². The van der Waals surface area contributed by atoms with Crippen LogP contribution < -0.4 is 0 Å². The molecule has 0 spiro atoms. The summed E-state index contributed by atoms with van der Waals surface area (Å²) >= 11 is 1.75. The molecule has 6 aromatic carbocycles. The van der Waals surface area contributed by atoms with Gasteiger partial charge in [0.25, 0.3) is 0 Å². The van der Waals surface area contributed by atoms with Crippen LogP contribution in [0.25, 0.3) is 11.1 Å². The molecule has 0 saturated carbocycles. The Hall–Kier alpha value is -4.04. The summed E-state index contributed by atoms with van der Waals surface area (Å²) in [5, 5.41) is 0. The number of hydrogen-bond acceptors (Lipinski definition) is 0. The van der Waals surface area contributed by atoms with Crippen LogP contribution in [0.2, 0.25) is 0 Å². The molecule has 54 heavy (non-hydrogen) atoms. The summed E-state index contributed by atoms with van der Waals surface area (Å²) in [4.78, 5) is 3.25. The average molecular weight is 784 g/mol. The Morgan fingerprint density at radius 2 is 1.07 bits per heavy atom. The Morgan fingerprint density at radius 1 is 0.574 bits per heavy atom. The number of aryl methyl sites for hydroxylation is 2. The van der Waals surface area contributed by atoms with Gasteiger partial charge in [-0.15, -0.1) is 42.4 Å². The molecule has 0 amide bonds. The molecule has 0 aliphatic heterocycles. The van der Waals surface area contributed by atoms with Crippen molar-refractivity contribution in [3.05, 3.63) is 227 Å². The van der Waals surface area contributed by atoms with Crippen molar-refractivity contribution in [2.24, 2.45) is 0 Å². The van der Waals surface area contributed by atoms with E-state index < -0.39 is 0 Å². The topological polar surface area (TPSA) is 0 Å². The standard InChI is InChI=1S/C31H29.2C7H7.C5H5.CH2.2ClH.Ti/c1-30(2,24-11-7-5-8-12-24)26-15-17-28-22(20-26)19-23-21-27(16-18-29(23)28)31(3,4)25-13-9-6-10-14-25;2*1-7-5-3-2-4-6-7;1-2-4-5-3-1;;;;/h5-18,20H,19H2,1-4H3;2*3-6H,1H3;1-3H,4H2;1H2;2*1H;/q4*-1;;;;. The molecule has 0 unspecified atom stereocenters. The Balaban J connectivity index is 0.000000356. The third-order valence-electron chi connectivity index (χ3n) is 9.53. The zero-order chi connectivity index (χ0) is 37.4. The fourth-order valence-electron chi connectivity index (χ4n) is 6.19. The molecule has 278 valence electrons. The van der Waals surface area contributed by atoms with Gasteiger partial charge in [-0.05, 0) is 34.1 Å². The number of rotatable bonds is 4. The Labute approximate surface area is 350 Å². The molecular formula is C51H52Cl2Ti-4. The van der Waals surface area contributed by atoms with Gasteiger partial charge < -0.3 is 0 Å². The summed E-state index contributed by atoms with van der Waals surface area (Å²) < 4.78 is 0. The van der Waals surface area contributed by atoms with Crippen molar-refractivity contribution in [1.82, 2.24) is 0 Å². The van der Waals surface area contributed by atoms with E-state index in [9.17, 15) is 0 Å². The molecule has 0 radical (unpaired) electrons. The fourth-order valence-corrected chi connectivity index (χ4v) is 6.19. The zero-order valence-corrected chi connectivity index (χ0v) is 35.6. The Bertz CT molecular complexity index is 1870. The van der Waals surface area contributed by atoms with E-state index in [-0.39, 0.29) is 35.6 Å². The third-order valence-corrected chi connectivity index (χ3v) is 9.53. The molecule has 0 bridgehead atoms. The van der Waals surface area contributed by atoms with Gasteiger partial charge in [-0.1, -0.05) is 126 Å². The predicted molar refractivity (Wildman–Crippen MR) is 234 cm³/mol. The van der Waals surface area contributed by atoms with Gasteiger partial charge in [0.2, 0.25) is 0 Å². The summed E-state index contributed by atoms with van der Waals surface area (Å²) in [7, 11) is 0. The van der Waals surface area contributed by atoms with Crippen molar-refractivity contribution in [3.8, 4) is 11.1 Å². The quantitative estimate of drug-likeness (QED) is 0.123. The van der Waals surface area contributed by atoms with Gasteiger partial charge in [0.05, 0.1) is 0 Å². The number of fused-ring (bicyclic) bond motifs is 3. The monoisotopic (exact) mass is 782 g/mol. The summed E-state index contributed by atoms with van der Waals surface area (Å²) in [5.41, 5.74) is 13.3. The van der Waals surface area contributed by atoms with Gasteiger partial charge in [-0.3, -0.25) is 6.08 Å². The SMILES string of the molecule is CC(C)(c1[c-]c2c(cc1)-c1ccc(C(C)(C)c3ccccc3)cc1C2)c1ccccc1.Cc1cc[c-]cc1.Cc1cc[c-]cc1.Cl.Cl.[C-]1=CC=CC1.[CH2]=[Ti]. The van der Waals surface area contributed by atoms with Crippen molar-refractivity contribution in [3.63, 3.8) is 0 Å². The molecule has 0 heterocycles. The van der Waals surface area contributed by atoms with Crippen molar-refractivity contribution in [2.75, 3.05) is 0 Å². The van der Waals surface area contributed by atoms with Gasteiger partial charge in [0, 0.05) is 5.41 Å². The maximum absolute atomic E-state index is 3.80. The first kappa shape index (κ1) is 46.1. The van der Waals surface area contributed by atoms with Crippen LogP contribution >= 0.6 is 24.8 Å². The summed E-state index contributed by atoms with van der Waals surface area (Å²) in [6.07, 6.45) is 11.0.